The van der Waals surface area contributed by atoms with E-state index in [2.05, 4.69) is 15.2 Å². The Morgan fingerprint density at radius 3 is 2.81 bits per heavy atom. The highest BCUT2D eigenvalue weighted by atomic mass is 16.5. The topological polar surface area (TPSA) is 107 Å². The number of methoxy groups -OCH3 is 1. The summed E-state index contributed by atoms with van der Waals surface area (Å²) in [6.45, 7) is 3.33. The van der Waals surface area contributed by atoms with Gasteiger partial charge in [-0.25, -0.2) is 9.97 Å². The standard InChI is InChI=1S/C22H23N5O4/c1-13-7-17(26-18-12-27(22(28)20(13)18)15-10-24-25-11-15)14-8-19(21(29-2)23-9-14)31-16-3-5-30-6-4-16/h7-12,16,28H,3-6H2,1-2H3,(H,24,25). The average molecular weight is 421 g/mol. The summed E-state index contributed by atoms with van der Waals surface area (Å²) >= 11 is 0. The van der Waals surface area contributed by atoms with E-state index in [4.69, 9.17) is 19.2 Å². The summed E-state index contributed by atoms with van der Waals surface area (Å²) < 4.78 is 18.6. The molecule has 4 aromatic heterocycles. The maximum atomic E-state index is 10.7. The molecule has 4 aromatic rings. The Morgan fingerprint density at radius 1 is 1.23 bits per heavy atom. The number of aromatic hydroxyl groups is 1. The molecule has 0 bridgehead atoms. The summed E-state index contributed by atoms with van der Waals surface area (Å²) in [6, 6.07) is 3.84. The first kappa shape index (κ1) is 19.4. The molecule has 31 heavy (non-hydrogen) atoms. The number of hydrogen-bond acceptors (Lipinski definition) is 7. The molecule has 5 heterocycles. The number of aromatic nitrogens is 5. The summed E-state index contributed by atoms with van der Waals surface area (Å²) in [5.41, 5.74) is 3.86. The van der Waals surface area contributed by atoms with Crippen LogP contribution in [0.2, 0.25) is 0 Å². The van der Waals surface area contributed by atoms with Crippen LogP contribution in [0.1, 0.15) is 18.4 Å². The molecule has 0 amide bonds. The zero-order chi connectivity index (χ0) is 21.4. The highest BCUT2D eigenvalue weighted by Gasteiger charge is 2.20. The van der Waals surface area contributed by atoms with Gasteiger partial charge in [0.05, 0.1) is 48.8 Å². The second kappa shape index (κ2) is 7.92. The molecule has 0 aromatic carbocycles. The van der Waals surface area contributed by atoms with Crippen LogP contribution >= 0.6 is 0 Å². The molecule has 1 aliphatic heterocycles. The summed E-state index contributed by atoms with van der Waals surface area (Å²) in [5.74, 6) is 1.16. The summed E-state index contributed by atoms with van der Waals surface area (Å²) in [7, 11) is 1.58. The van der Waals surface area contributed by atoms with E-state index in [1.807, 2.05) is 19.1 Å². The van der Waals surface area contributed by atoms with Crippen molar-refractivity contribution in [3.05, 3.63) is 42.5 Å². The van der Waals surface area contributed by atoms with Gasteiger partial charge in [-0.3, -0.25) is 9.67 Å². The molecule has 1 aliphatic rings. The van der Waals surface area contributed by atoms with Gasteiger partial charge in [-0.1, -0.05) is 0 Å². The van der Waals surface area contributed by atoms with E-state index in [1.165, 1.54) is 0 Å². The van der Waals surface area contributed by atoms with Crippen molar-refractivity contribution in [2.45, 2.75) is 25.9 Å². The van der Waals surface area contributed by atoms with Gasteiger partial charge in [0.1, 0.15) is 6.10 Å². The SMILES string of the molecule is COc1ncc(-c2cc(C)c3c(O)n(-c4cn[nH]c4)cc3n2)cc1OC1CCOCC1. The Hall–Kier alpha value is -3.59. The predicted octanol–water partition coefficient (Wildman–Crippen LogP) is 3.39. The van der Waals surface area contributed by atoms with E-state index in [-0.39, 0.29) is 12.0 Å². The number of aryl methyl sites for hydroxylation is 1. The lowest BCUT2D eigenvalue weighted by molar-refractivity contribution is 0.0243. The third kappa shape index (κ3) is 3.57. The van der Waals surface area contributed by atoms with Crippen molar-refractivity contribution in [3.63, 3.8) is 0 Å². The molecule has 1 saturated heterocycles. The molecule has 0 spiro atoms. The Morgan fingerprint density at radius 2 is 2.06 bits per heavy atom. The molecule has 0 aliphatic carbocycles. The number of rotatable bonds is 5. The van der Waals surface area contributed by atoms with Crippen LogP contribution in [0.5, 0.6) is 17.5 Å². The number of aromatic amines is 1. The fourth-order valence-electron chi connectivity index (χ4n) is 3.89. The number of pyridine rings is 2. The van der Waals surface area contributed by atoms with Crippen molar-refractivity contribution in [1.29, 1.82) is 0 Å². The number of fused-ring (bicyclic) bond motifs is 1. The minimum Gasteiger partial charge on any atom is -0.494 e. The third-order valence-corrected chi connectivity index (χ3v) is 5.48. The summed E-state index contributed by atoms with van der Waals surface area (Å²) in [4.78, 5) is 9.20. The fourth-order valence-corrected chi connectivity index (χ4v) is 3.89. The molecule has 0 saturated carbocycles. The molecule has 160 valence electrons. The van der Waals surface area contributed by atoms with Gasteiger partial charge in [-0.2, -0.15) is 5.10 Å². The van der Waals surface area contributed by atoms with Gasteiger partial charge in [0, 0.05) is 37.0 Å². The van der Waals surface area contributed by atoms with Crippen LogP contribution in [0, 0.1) is 6.92 Å². The van der Waals surface area contributed by atoms with Gasteiger partial charge < -0.3 is 19.3 Å². The van der Waals surface area contributed by atoms with Gasteiger partial charge in [-0.15, -0.1) is 0 Å². The monoisotopic (exact) mass is 421 g/mol. The normalized spacial score (nSPS) is 14.8. The molecule has 2 N–H and O–H groups in total. The van der Waals surface area contributed by atoms with E-state index >= 15 is 0 Å². The third-order valence-electron chi connectivity index (χ3n) is 5.48. The fraction of sp³-hybridized carbons (Fsp3) is 0.318. The lowest BCUT2D eigenvalue weighted by Crippen LogP contribution is -2.26. The molecule has 5 rings (SSSR count). The second-order valence-corrected chi connectivity index (χ2v) is 7.52. The van der Waals surface area contributed by atoms with Crippen molar-refractivity contribution < 1.29 is 19.3 Å². The van der Waals surface area contributed by atoms with Crippen molar-refractivity contribution in [2.24, 2.45) is 0 Å². The van der Waals surface area contributed by atoms with Crippen LogP contribution < -0.4 is 9.47 Å². The molecule has 1 fully saturated rings. The molecule has 0 unspecified atom stereocenters. The highest BCUT2D eigenvalue weighted by molar-refractivity contribution is 5.90. The molecule has 0 atom stereocenters. The van der Waals surface area contributed by atoms with Gasteiger partial charge in [0.2, 0.25) is 5.88 Å². The van der Waals surface area contributed by atoms with Crippen molar-refractivity contribution >= 4 is 10.9 Å². The van der Waals surface area contributed by atoms with Crippen LogP contribution in [0.15, 0.2) is 36.9 Å². The van der Waals surface area contributed by atoms with Gasteiger partial charge in [0.25, 0.3) is 5.88 Å². The number of nitrogens with zero attached hydrogens (tertiary/aromatic N) is 4. The quantitative estimate of drug-likeness (QED) is 0.509. The maximum Gasteiger partial charge on any atom is 0.256 e. The largest absolute Gasteiger partial charge is 0.494 e. The van der Waals surface area contributed by atoms with Crippen molar-refractivity contribution in [1.82, 2.24) is 24.7 Å². The van der Waals surface area contributed by atoms with E-state index in [0.29, 0.717) is 35.7 Å². The van der Waals surface area contributed by atoms with Crippen molar-refractivity contribution in [3.8, 4) is 34.5 Å². The molecule has 0 radical (unpaired) electrons. The van der Waals surface area contributed by atoms with Crippen LogP contribution in [-0.4, -0.2) is 56.3 Å². The second-order valence-electron chi connectivity index (χ2n) is 7.52. The smallest absolute Gasteiger partial charge is 0.256 e. The molecule has 9 nitrogen and oxygen atoms in total. The van der Waals surface area contributed by atoms with Crippen LogP contribution in [-0.2, 0) is 4.74 Å². The maximum absolute atomic E-state index is 10.7. The molecular weight excluding hydrogens is 398 g/mol. The highest BCUT2D eigenvalue weighted by Crippen LogP contribution is 2.36. The molecular formula is C22H23N5O4. The number of H-pyrrole nitrogens is 1. The van der Waals surface area contributed by atoms with Crippen LogP contribution in [0.3, 0.4) is 0 Å². The van der Waals surface area contributed by atoms with Gasteiger partial charge in [-0.05, 0) is 24.6 Å². The summed E-state index contributed by atoms with van der Waals surface area (Å²) in [6.07, 6.45) is 8.59. The lowest BCUT2D eigenvalue weighted by Gasteiger charge is -2.24. The Balaban J connectivity index is 1.55. The average Bonchev–Trinajstić information content (AvgIpc) is 3.42. The molecule has 9 heteroatoms. The van der Waals surface area contributed by atoms with E-state index in [9.17, 15) is 5.11 Å². The van der Waals surface area contributed by atoms with Gasteiger partial charge in [0.15, 0.2) is 5.75 Å². The zero-order valence-electron chi connectivity index (χ0n) is 17.3. The summed E-state index contributed by atoms with van der Waals surface area (Å²) in [5, 5.41) is 18.1. The number of hydrogen-bond donors (Lipinski definition) is 2. The number of ether oxygens (including phenoxy) is 3. The van der Waals surface area contributed by atoms with E-state index < -0.39 is 0 Å². The zero-order valence-corrected chi connectivity index (χ0v) is 17.3. The van der Waals surface area contributed by atoms with Gasteiger partial charge >= 0.3 is 0 Å². The Bertz CT molecular complexity index is 1210. The minimum absolute atomic E-state index is 0.0674. The number of nitrogens with one attached hydrogen (secondary N) is 1. The van der Waals surface area contributed by atoms with Crippen LogP contribution in [0.25, 0.3) is 27.8 Å². The lowest BCUT2D eigenvalue weighted by atomic mass is 10.1. The van der Waals surface area contributed by atoms with Crippen LogP contribution in [0.4, 0.5) is 0 Å². The predicted molar refractivity (Wildman–Crippen MR) is 114 cm³/mol. The van der Waals surface area contributed by atoms with E-state index in [1.54, 1.807) is 36.5 Å². The first-order valence-corrected chi connectivity index (χ1v) is 10.1. The Labute approximate surface area is 178 Å². The minimum atomic E-state index is 0.0674. The first-order valence-electron chi connectivity index (χ1n) is 10.1. The Kier molecular flexibility index (Phi) is 4.95. The van der Waals surface area contributed by atoms with E-state index in [0.717, 1.165) is 35.3 Å². The van der Waals surface area contributed by atoms with Crippen molar-refractivity contribution in [2.75, 3.05) is 20.3 Å². The first-order chi connectivity index (χ1) is 15.1.